The first-order valence-electron chi connectivity index (χ1n) is 4.61. The van der Waals surface area contributed by atoms with E-state index >= 15 is 0 Å². The molecule has 0 aliphatic heterocycles. The van der Waals surface area contributed by atoms with Gasteiger partial charge in [0.05, 0.1) is 5.56 Å². The molecule has 0 aromatic heterocycles. The van der Waals surface area contributed by atoms with Gasteiger partial charge in [-0.1, -0.05) is 26.8 Å². The van der Waals surface area contributed by atoms with Gasteiger partial charge in [-0.15, -0.1) is 0 Å². The molecule has 1 rings (SSSR count). The summed E-state index contributed by atoms with van der Waals surface area (Å²) in [6.45, 7) is 4.79. The van der Waals surface area contributed by atoms with Crippen LogP contribution in [0.4, 0.5) is 22.0 Å². The van der Waals surface area contributed by atoms with Gasteiger partial charge in [-0.05, 0) is 17.0 Å². The standard InChI is InChI=1S/C11H11F5/c1-10(2,3)6-4-5-7(11(14,15)16)9(13)8(6)12/h4-5H,1-3H3. The molecule has 0 heterocycles. The lowest BCUT2D eigenvalue weighted by Crippen LogP contribution is -2.18. The maximum absolute atomic E-state index is 13.4. The van der Waals surface area contributed by atoms with Crippen LogP contribution in [0.25, 0.3) is 0 Å². The van der Waals surface area contributed by atoms with Crippen molar-refractivity contribution in [2.75, 3.05) is 0 Å². The maximum atomic E-state index is 13.4. The molecule has 0 spiro atoms. The van der Waals surface area contributed by atoms with Gasteiger partial charge in [0.1, 0.15) is 0 Å². The predicted octanol–water partition coefficient (Wildman–Crippen LogP) is 4.28. The predicted molar refractivity (Wildman–Crippen MR) is 50.1 cm³/mol. The second-order valence-corrected chi connectivity index (χ2v) is 4.54. The van der Waals surface area contributed by atoms with Crippen LogP contribution < -0.4 is 0 Å². The van der Waals surface area contributed by atoms with Crippen molar-refractivity contribution in [3.8, 4) is 0 Å². The average molecular weight is 238 g/mol. The van der Waals surface area contributed by atoms with Gasteiger partial charge in [0.25, 0.3) is 0 Å². The lowest BCUT2D eigenvalue weighted by atomic mass is 9.86. The Morgan fingerprint density at radius 3 is 1.56 bits per heavy atom. The van der Waals surface area contributed by atoms with Crippen molar-refractivity contribution >= 4 is 0 Å². The Morgan fingerprint density at radius 1 is 0.812 bits per heavy atom. The molecule has 0 saturated carbocycles. The zero-order valence-electron chi connectivity index (χ0n) is 9.04. The van der Waals surface area contributed by atoms with Crippen molar-refractivity contribution in [2.24, 2.45) is 0 Å². The normalized spacial score (nSPS) is 13.0. The van der Waals surface area contributed by atoms with Crippen molar-refractivity contribution in [1.82, 2.24) is 0 Å². The molecule has 1 aromatic carbocycles. The molecule has 0 nitrogen and oxygen atoms in total. The lowest BCUT2D eigenvalue weighted by molar-refractivity contribution is -0.140. The van der Waals surface area contributed by atoms with Crippen molar-refractivity contribution in [1.29, 1.82) is 0 Å². The van der Waals surface area contributed by atoms with Crippen LogP contribution in [0.1, 0.15) is 31.9 Å². The van der Waals surface area contributed by atoms with Gasteiger partial charge in [0, 0.05) is 0 Å². The number of rotatable bonds is 0. The minimum Gasteiger partial charge on any atom is -0.203 e. The molecule has 0 amide bonds. The van der Waals surface area contributed by atoms with Crippen LogP contribution in [0, 0.1) is 11.6 Å². The van der Waals surface area contributed by atoms with Crippen LogP contribution in [-0.4, -0.2) is 0 Å². The molecule has 0 atom stereocenters. The van der Waals surface area contributed by atoms with Crippen LogP contribution in [-0.2, 0) is 11.6 Å². The molecular weight excluding hydrogens is 227 g/mol. The van der Waals surface area contributed by atoms with Crippen molar-refractivity contribution in [2.45, 2.75) is 32.4 Å². The minimum absolute atomic E-state index is 0.0713. The Hall–Kier alpha value is -1.13. The van der Waals surface area contributed by atoms with Crippen LogP contribution in [0.3, 0.4) is 0 Å². The quantitative estimate of drug-likeness (QED) is 0.592. The summed E-state index contributed by atoms with van der Waals surface area (Å²) < 4.78 is 63.4. The molecule has 16 heavy (non-hydrogen) atoms. The highest BCUT2D eigenvalue weighted by atomic mass is 19.4. The van der Waals surface area contributed by atoms with Crippen molar-refractivity contribution in [3.63, 3.8) is 0 Å². The van der Waals surface area contributed by atoms with Gasteiger partial charge in [0.15, 0.2) is 11.6 Å². The summed E-state index contributed by atoms with van der Waals surface area (Å²) in [5, 5.41) is 0. The molecule has 0 aliphatic rings. The van der Waals surface area contributed by atoms with Crippen molar-refractivity contribution in [3.05, 3.63) is 34.9 Å². The first-order valence-corrected chi connectivity index (χ1v) is 4.61. The maximum Gasteiger partial charge on any atom is 0.419 e. The van der Waals surface area contributed by atoms with Crippen LogP contribution >= 0.6 is 0 Å². The summed E-state index contributed by atoms with van der Waals surface area (Å²) >= 11 is 0. The average Bonchev–Trinajstić information content (AvgIpc) is 2.05. The summed E-state index contributed by atoms with van der Waals surface area (Å²) in [6, 6.07) is 1.54. The van der Waals surface area contributed by atoms with E-state index < -0.39 is 28.8 Å². The third-order valence-corrected chi connectivity index (χ3v) is 2.20. The SMILES string of the molecule is CC(C)(C)c1ccc(C(F)(F)F)c(F)c1F. The van der Waals surface area contributed by atoms with E-state index in [-0.39, 0.29) is 5.56 Å². The monoisotopic (exact) mass is 238 g/mol. The van der Waals surface area contributed by atoms with Crippen LogP contribution in [0.2, 0.25) is 0 Å². The minimum atomic E-state index is -4.87. The summed E-state index contributed by atoms with van der Waals surface area (Å²) in [6.07, 6.45) is -4.87. The zero-order valence-corrected chi connectivity index (χ0v) is 9.04. The van der Waals surface area contributed by atoms with E-state index in [0.717, 1.165) is 6.07 Å². The third-order valence-electron chi connectivity index (χ3n) is 2.20. The first-order chi connectivity index (χ1) is 7.05. The molecule has 0 unspecified atom stereocenters. The molecule has 1 aromatic rings. The van der Waals surface area contributed by atoms with Gasteiger partial charge in [-0.2, -0.15) is 13.2 Å². The Kier molecular flexibility index (Phi) is 3.00. The molecule has 0 bridgehead atoms. The second-order valence-electron chi connectivity index (χ2n) is 4.54. The molecule has 0 aliphatic carbocycles. The highest BCUT2D eigenvalue weighted by Gasteiger charge is 2.36. The van der Waals surface area contributed by atoms with E-state index in [1.807, 2.05) is 0 Å². The molecule has 0 fully saturated rings. The Balaban J connectivity index is 3.41. The van der Waals surface area contributed by atoms with Crippen molar-refractivity contribution < 1.29 is 22.0 Å². The molecule has 90 valence electrons. The number of hydrogen-bond donors (Lipinski definition) is 0. The molecule has 0 radical (unpaired) electrons. The van der Waals surface area contributed by atoms with E-state index in [1.54, 1.807) is 20.8 Å². The summed E-state index contributed by atoms with van der Waals surface area (Å²) in [5.74, 6) is -3.26. The fraction of sp³-hybridized carbons (Fsp3) is 0.455. The Bertz CT molecular complexity index is 359. The molecule has 0 saturated heterocycles. The largest absolute Gasteiger partial charge is 0.419 e. The highest BCUT2D eigenvalue weighted by molar-refractivity contribution is 5.32. The molecule has 5 heteroatoms. The lowest BCUT2D eigenvalue weighted by Gasteiger charge is -2.21. The molecular formula is C11H11F5. The third kappa shape index (κ3) is 2.33. The van der Waals surface area contributed by atoms with Gasteiger partial charge in [-0.3, -0.25) is 0 Å². The van der Waals surface area contributed by atoms with E-state index in [9.17, 15) is 22.0 Å². The topological polar surface area (TPSA) is 0 Å². The summed E-state index contributed by atoms with van der Waals surface area (Å²) in [7, 11) is 0. The highest BCUT2D eigenvalue weighted by Crippen LogP contribution is 2.35. The summed E-state index contributed by atoms with van der Waals surface area (Å²) in [5.41, 5.74) is -2.38. The number of alkyl halides is 3. The van der Waals surface area contributed by atoms with Crippen LogP contribution in [0.15, 0.2) is 12.1 Å². The number of halogens is 5. The van der Waals surface area contributed by atoms with E-state index in [1.165, 1.54) is 0 Å². The number of hydrogen-bond acceptors (Lipinski definition) is 0. The van der Waals surface area contributed by atoms with E-state index in [2.05, 4.69) is 0 Å². The fourth-order valence-electron chi connectivity index (χ4n) is 1.35. The fourth-order valence-corrected chi connectivity index (χ4v) is 1.35. The number of benzene rings is 1. The van der Waals surface area contributed by atoms with E-state index in [0.29, 0.717) is 6.07 Å². The summed E-state index contributed by atoms with van der Waals surface area (Å²) in [4.78, 5) is 0. The zero-order chi connectivity index (χ0) is 12.7. The smallest absolute Gasteiger partial charge is 0.203 e. The van der Waals surface area contributed by atoms with Gasteiger partial charge < -0.3 is 0 Å². The van der Waals surface area contributed by atoms with Gasteiger partial charge in [-0.25, -0.2) is 8.78 Å². The van der Waals surface area contributed by atoms with Gasteiger partial charge in [0.2, 0.25) is 0 Å². The first kappa shape index (κ1) is 12.9. The molecule has 0 N–H and O–H groups in total. The van der Waals surface area contributed by atoms with Gasteiger partial charge >= 0.3 is 6.18 Å². The Labute approximate surface area is 90.1 Å². The Morgan fingerprint density at radius 2 is 1.19 bits per heavy atom. The van der Waals surface area contributed by atoms with E-state index in [4.69, 9.17) is 0 Å². The van der Waals surface area contributed by atoms with Crippen LogP contribution in [0.5, 0.6) is 0 Å². The second kappa shape index (κ2) is 3.71.